The Hall–Kier alpha value is -2.45. The number of carbonyl (C=O) groups is 1. The molecule has 8 heteroatoms. The van der Waals surface area contributed by atoms with Gasteiger partial charge in [-0.15, -0.1) is 0 Å². The molecule has 0 saturated carbocycles. The van der Waals surface area contributed by atoms with Gasteiger partial charge in [0.25, 0.3) is 5.56 Å². The standard InChI is InChI=1S/C22H23BrN2O4S/c1-14-11-20(22(27)16(3)25-13-18(23)7-10-21(25)26)15(2)24(14)12-17-5-8-19(9-6-17)30(4,28)29/h5-11,13,16H,12H2,1-4H3. The number of rotatable bonds is 6. The molecule has 0 spiro atoms. The van der Waals surface area contributed by atoms with E-state index in [1.807, 2.05) is 24.5 Å². The molecule has 1 unspecified atom stereocenters. The lowest BCUT2D eigenvalue weighted by molar-refractivity contribution is 0.0932. The summed E-state index contributed by atoms with van der Waals surface area (Å²) in [6, 6.07) is 11.0. The van der Waals surface area contributed by atoms with Crippen LogP contribution in [0.1, 0.15) is 40.3 Å². The molecule has 2 heterocycles. The van der Waals surface area contributed by atoms with E-state index in [9.17, 15) is 18.0 Å². The number of hydrogen-bond acceptors (Lipinski definition) is 4. The zero-order chi connectivity index (χ0) is 22.2. The van der Waals surface area contributed by atoms with Gasteiger partial charge in [0.15, 0.2) is 15.6 Å². The molecular formula is C22H23BrN2O4S. The summed E-state index contributed by atoms with van der Waals surface area (Å²) in [6.45, 7) is 6.03. The van der Waals surface area contributed by atoms with E-state index in [0.29, 0.717) is 12.1 Å². The number of carbonyl (C=O) groups excluding carboxylic acids is 1. The minimum Gasteiger partial charge on any atom is -0.344 e. The number of Topliss-reactive ketones (excluding diaryl/α,β-unsaturated/α-hetero) is 1. The Bertz CT molecular complexity index is 1270. The van der Waals surface area contributed by atoms with Gasteiger partial charge in [0.2, 0.25) is 0 Å². The Morgan fingerprint density at radius 3 is 2.33 bits per heavy atom. The lowest BCUT2D eigenvalue weighted by Gasteiger charge is -2.15. The van der Waals surface area contributed by atoms with Crippen molar-refractivity contribution in [3.05, 3.63) is 86.0 Å². The molecule has 158 valence electrons. The van der Waals surface area contributed by atoms with Crippen molar-refractivity contribution < 1.29 is 13.2 Å². The zero-order valence-electron chi connectivity index (χ0n) is 17.2. The van der Waals surface area contributed by atoms with Crippen molar-refractivity contribution in [2.24, 2.45) is 0 Å². The molecule has 3 aromatic rings. The molecule has 1 aromatic carbocycles. The summed E-state index contributed by atoms with van der Waals surface area (Å²) >= 11 is 3.34. The first kappa shape index (κ1) is 22.2. The predicted molar refractivity (Wildman–Crippen MR) is 120 cm³/mol. The summed E-state index contributed by atoms with van der Waals surface area (Å²) in [5.74, 6) is -0.137. The van der Waals surface area contributed by atoms with Gasteiger partial charge in [0.05, 0.1) is 10.9 Å². The van der Waals surface area contributed by atoms with E-state index in [1.165, 1.54) is 16.9 Å². The van der Waals surface area contributed by atoms with Crippen LogP contribution in [0, 0.1) is 13.8 Å². The Morgan fingerprint density at radius 2 is 1.73 bits per heavy atom. The van der Waals surface area contributed by atoms with E-state index in [2.05, 4.69) is 15.9 Å². The van der Waals surface area contributed by atoms with Gasteiger partial charge in [-0.1, -0.05) is 12.1 Å². The van der Waals surface area contributed by atoms with Crippen molar-refractivity contribution in [3.63, 3.8) is 0 Å². The highest BCUT2D eigenvalue weighted by Gasteiger charge is 2.23. The number of nitrogens with zero attached hydrogens (tertiary/aromatic N) is 2. The molecule has 0 radical (unpaired) electrons. The third-order valence-electron chi connectivity index (χ3n) is 5.23. The SMILES string of the molecule is Cc1cc(C(=O)C(C)n2cc(Br)ccc2=O)c(C)n1Cc1ccc(S(C)(=O)=O)cc1. The highest BCUT2D eigenvalue weighted by atomic mass is 79.9. The van der Waals surface area contributed by atoms with E-state index in [4.69, 9.17) is 0 Å². The average Bonchev–Trinajstić information content (AvgIpc) is 2.96. The number of sulfone groups is 1. The lowest BCUT2D eigenvalue weighted by atomic mass is 10.1. The highest BCUT2D eigenvalue weighted by molar-refractivity contribution is 9.10. The lowest BCUT2D eigenvalue weighted by Crippen LogP contribution is -2.27. The molecule has 1 atom stereocenters. The molecule has 0 aliphatic heterocycles. The van der Waals surface area contributed by atoms with Crippen LogP contribution in [0.25, 0.3) is 0 Å². The molecule has 6 nitrogen and oxygen atoms in total. The zero-order valence-corrected chi connectivity index (χ0v) is 19.6. The number of pyridine rings is 1. The molecule has 0 bridgehead atoms. The van der Waals surface area contributed by atoms with Crippen LogP contribution in [-0.2, 0) is 16.4 Å². The molecular weight excluding hydrogens is 468 g/mol. The van der Waals surface area contributed by atoms with E-state index in [-0.39, 0.29) is 16.2 Å². The molecule has 30 heavy (non-hydrogen) atoms. The van der Waals surface area contributed by atoms with E-state index in [1.54, 1.807) is 43.5 Å². The normalized spacial score (nSPS) is 12.7. The summed E-state index contributed by atoms with van der Waals surface area (Å²) in [4.78, 5) is 25.6. The number of ketones is 1. The largest absolute Gasteiger partial charge is 0.344 e. The summed E-state index contributed by atoms with van der Waals surface area (Å²) in [5, 5.41) is 0. The summed E-state index contributed by atoms with van der Waals surface area (Å²) in [7, 11) is -3.24. The van der Waals surface area contributed by atoms with E-state index < -0.39 is 15.9 Å². The second-order valence-electron chi connectivity index (χ2n) is 7.42. The van der Waals surface area contributed by atoms with Crippen LogP contribution in [0.2, 0.25) is 0 Å². The molecule has 0 aliphatic carbocycles. The number of benzene rings is 1. The number of aryl methyl sites for hydroxylation is 1. The van der Waals surface area contributed by atoms with Crippen molar-refractivity contribution in [2.75, 3.05) is 6.26 Å². The van der Waals surface area contributed by atoms with Gasteiger partial charge in [-0.2, -0.15) is 0 Å². The fraction of sp³-hybridized carbons (Fsp3) is 0.273. The van der Waals surface area contributed by atoms with Crippen LogP contribution in [0.15, 0.2) is 62.8 Å². The molecule has 0 N–H and O–H groups in total. The first-order chi connectivity index (χ1) is 14.0. The Morgan fingerprint density at radius 1 is 1.10 bits per heavy atom. The van der Waals surface area contributed by atoms with Crippen LogP contribution in [-0.4, -0.2) is 29.6 Å². The Balaban J connectivity index is 1.91. The molecule has 0 amide bonds. The van der Waals surface area contributed by atoms with Crippen LogP contribution in [0.5, 0.6) is 0 Å². The Labute approximate surface area is 184 Å². The van der Waals surface area contributed by atoms with Crippen molar-refractivity contribution in [1.29, 1.82) is 0 Å². The monoisotopic (exact) mass is 490 g/mol. The second kappa shape index (κ2) is 8.35. The smallest absolute Gasteiger partial charge is 0.251 e. The number of hydrogen-bond donors (Lipinski definition) is 0. The van der Waals surface area contributed by atoms with Crippen molar-refractivity contribution >= 4 is 31.6 Å². The fourth-order valence-electron chi connectivity index (χ4n) is 3.45. The van der Waals surface area contributed by atoms with Gasteiger partial charge in [0.1, 0.15) is 0 Å². The topological polar surface area (TPSA) is 78.1 Å². The minimum absolute atomic E-state index is 0.137. The maximum Gasteiger partial charge on any atom is 0.251 e. The molecule has 3 rings (SSSR count). The first-order valence-electron chi connectivity index (χ1n) is 9.36. The maximum atomic E-state index is 13.1. The molecule has 0 fully saturated rings. The fourth-order valence-corrected chi connectivity index (χ4v) is 4.43. The minimum atomic E-state index is -3.24. The molecule has 0 saturated heterocycles. The van der Waals surface area contributed by atoms with Gasteiger partial charge in [-0.25, -0.2) is 8.42 Å². The summed E-state index contributed by atoms with van der Waals surface area (Å²) < 4.78 is 27.4. The molecule has 2 aromatic heterocycles. The summed E-state index contributed by atoms with van der Waals surface area (Å²) in [6.07, 6.45) is 2.80. The Kier molecular flexibility index (Phi) is 6.19. The van der Waals surface area contributed by atoms with Crippen LogP contribution in [0.3, 0.4) is 0 Å². The first-order valence-corrected chi connectivity index (χ1v) is 12.0. The van der Waals surface area contributed by atoms with Crippen molar-refractivity contribution in [3.8, 4) is 0 Å². The number of aromatic nitrogens is 2. The van der Waals surface area contributed by atoms with Crippen LogP contribution >= 0.6 is 15.9 Å². The van der Waals surface area contributed by atoms with Gasteiger partial charge in [-0.05, 0) is 66.5 Å². The van der Waals surface area contributed by atoms with Crippen LogP contribution < -0.4 is 5.56 Å². The van der Waals surface area contributed by atoms with E-state index >= 15 is 0 Å². The number of halogens is 1. The van der Waals surface area contributed by atoms with Gasteiger partial charge < -0.3 is 9.13 Å². The second-order valence-corrected chi connectivity index (χ2v) is 10.4. The van der Waals surface area contributed by atoms with Crippen molar-refractivity contribution in [1.82, 2.24) is 9.13 Å². The van der Waals surface area contributed by atoms with Gasteiger partial charge in [0, 0.05) is 46.5 Å². The predicted octanol–water partition coefficient (Wildman–Crippen LogP) is 3.92. The average molecular weight is 491 g/mol. The third kappa shape index (κ3) is 4.49. The maximum absolute atomic E-state index is 13.1. The van der Waals surface area contributed by atoms with E-state index in [0.717, 1.165) is 21.4 Å². The van der Waals surface area contributed by atoms with Gasteiger partial charge >= 0.3 is 0 Å². The van der Waals surface area contributed by atoms with Crippen molar-refractivity contribution in [2.45, 2.75) is 38.3 Å². The quantitative estimate of drug-likeness (QED) is 0.490. The third-order valence-corrected chi connectivity index (χ3v) is 6.83. The van der Waals surface area contributed by atoms with Crippen LogP contribution in [0.4, 0.5) is 0 Å². The molecule has 0 aliphatic rings. The van der Waals surface area contributed by atoms with Gasteiger partial charge in [-0.3, -0.25) is 9.59 Å². The summed E-state index contributed by atoms with van der Waals surface area (Å²) in [5.41, 5.74) is 2.98. The highest BCUT2D eigenvalue weighted by Crippen LogP contribution is 2.23.